The minimum absolute atomic E-state index is 0.00477. The fourth-order valence-corrected chi connectivity index (χ4v) is 3.96. The first-order valence-corrected chi connectivity index (χ1v) is 10.6. The molecule has 3 amide bonds. The molecule has 0 saturated carbocycles. The largest absolute Gasteiger partial charge is 0.371 e. The number of hydrogen-bond acceptors (Lipinski definition) is 4. The fraction of sp³-hybridized carbons (Fsp3) is 0.591. The molecule has 2 heterocycles. The number of nitrogens with zero attached hydrogens (tertiary/aromatic N) is 3. The van der Waals surface area contributed by atoms with E-state index in [1.807, 2.05) is 43.0 Å². The molecule has 29 heavy (non-hydrogen) atoms. The minimum atomic E-state index is -0.00477. The quantitative estimate of drug-likeness (QED) is 0.836. The summed E-state index contributed by atoms with van der Waals surface area (Å²) < 4.78 is 0. The Morgan fingerprint density at radius 2 is 1.52 bits per heavy atom. The number of piperazine rings is 1. The van der Waals surface area contributed by atoms with Crippen LogP contribution in [0.25, 0.3) is 0 Å². The number of rotatable bonds is 4. The predicted molar refractivity (Wildman–Crippen MR) is 113 cm³/mol. The van der Waals surface area contributed by atoms with Gasteiger partial charge in [0.15, 0.2) is 0 Å². The molecule has 0 aromatic heterocycles. The lowest BCUT2D eigenvalue weighted by Gasteiger charge is -2.37. The Bertz CT molecular complexity index is 748. The third-order valence-electron chi connectivity index (χ3n) is 5.85. The fourth-order valence-electron chi connectivity index (χ4n) is 3.96. The summed E-state index contributed by atoms with van der Waals surface area (Å²) in [6.45, 7) is 9.31. The van der Waals surface area contributed by atoms with Gasteiger partial charge >= 0.3 is 0 Å². The average molecular weight is 401 g/mol. The van der Waals surface area contributed by atoms with Gasteiger partial charge in [0.25, 0.3) is 5.91 Å². The topological polar surface area (TPSA) is 73.0 Å². The Morgan fingerprint density at radius 3 is 2.10 bits per heavy atom. The van der Waals surface area contributed by atoms with Crippen molar-refractivity contribution in [1.82, 2.24) is 15.1 Å². The molecule has 1 aromatic carbocycles. The SMILES string of the molecule is CC(=O)N1CCN(C(=O)c2ccccc2N2CCC(NC(=O)C(C)C)CC2)CC1. The number of para-hydroxylation sites is 1. The van der Waals surface area contributed by atoms with E-state index in [2.05, 4.69) is 10.2 Å². The molecule has 3 rings (SSSR count). The molecule has 0 bridgehead atoms. The van der Waals surface area contributed by atoms with Crippen LogP contribution in [0.4, 0.5) is 5.69 Å². The molecule has 1 aromatic rings. The minimum Gasteiger partial charge on any atom is -0.371 e. The van der Waals surface area contributed by atoms with Crippen LogP contribution in [0.3, 0.4) is 0 Å². The molecule has 0 unspecified atom stereocenters. The highest BCUT2D eigenvalue weighted by atomic mass is 16.2. The van der Waals surface area contributed by atoms with Crippen molar-refractivity contribution in [2.24, 2.45) is 5.92 Å². The van der Waals surface area contributed by atoms with Crippen molar-refractivity contribution in [3.8, 4) is 0 Å². The number of anilines is 1. The summed E-state index contributed by atoms with van der Waals surface area (Å²) in [6, 6.07) is 7.96. The molecule has 2 aliphatic heterocycles. The second-order valence-electron chi connectivity index (χ2n) is 8.24. The van der Waals surface area contributed by atoms with Gasteiger partial charge in [-0.25, -0.2) is 0 Å². The van der Waals surface area contributed by atoms with Gasteiger partial charge in [-0.1, -0.05) is 26.0 Å². The van der Waals surface area contributed by atoms with Crippen molar-refractivity contribution in [1.29, 1.82) is 0 Å². The maximum absolute atomic E-state index is 13.2. The van der Waals surface area contributed by atoms with Crippen molar-refractivity contribution in [3.63, 3.8) is 0 Å². The van der Waals surface area contributed by atoms with Crippen molar-refractivity contribution in [2.45, 2.75) is 39.7 Å². The lowest BCUT2D eigenvalue weighted by atomic mass is 10.0. The Balaban J connectivity index is 1.63. The van der Waals surface area contributed by atoms with Gasteiger partial charge in [0, 0.05) is 63.8 Å². The van der Waals surface area contributed by atoms with Crippen molar-refractivity contribution in [3.05, 3.63) is 29.8 Å². The van der Waals surface area contributed by atoms with E-state index in [0.29, 0.717) is 31.7 Å². The van der Waals surface area contributed by atoms with Crippen LogP contribution in [0, 0.1) is 5.92 Å². The first-order chi connectivity index (χ1) is 13.9. The zero-order valence-electron chi connectivity index (χ0n) is 17.7. The van der Waals surface area contributed by atoms with Crippen LogP contribution < -0.4 is 10.2 Å². The Morgan fingerprint density at radius 1 is 0.931 bits per heavy atom. The van der Waals surface area contributed by atoms with Crippen LogP contribution in [0.15, 0.2) is 24.3 Å². The van der Waals surface area contributed by atoms with Gasteiger partial charge in [-0.3, -0.25) is 14.4 Å². The molecule has 158 valence electrons. The van der Waals surface area contributed by atoms with Crippen molar-refractivity contribution in [2.75, 3.05) is 44.2 Å². The van der Waals surface area contributed by atoms with Gasteiger partial charge in [-0.2, -0.15) is 0 Å². The summed E-state index contributed by atoms with van der Waals surface area (Å²) in [6.07, 6.45) is 1.75. The summed E-state index contributed by atoms with van der Waals surface area (Å²) in [5.41, 5.74) is 1.67. The monoisotopic (exact) mass is 400 g/mol. The zero-order valence-corrected chi connectivity index (χ0v) is 17.7. The van der Waals surface area contributed by atoms with Gasteiger partial charge in [0.05, 0.1) is 5.56 Å². The number of amides is 3. The smallest absolute Gasteiger partial charge is 0.256 e. The lowest BCUT2D eigenvalue weighted by Crippen LogP contribution is -2.50. The van der Waals surface area contributed by atoms with Crippen molar-refractivity contribution >= 4 is 23.4 Å². The second kappa shape index (κ2) is 9.29. The van der Waals surface area contributed by atoms with Crippen LogP contribution in [0.2, 0.25) is 0 Å². The third kappa shape index (κ3) is 5.08. The molecular weight excluding hydrogens is 368 g/mol. The number of nitrogens with one attached hydrogen (secondary N) is 1. The average Bonchev–Trinajstić information content (AvgIpc) is 2.73. The second-order valence-corrected chi connectivity index (χ2v) is 8.24. The van der Waals surface area contributed by atoms with Gasteiger partial charge in [0.1, 0.15) is 0 Å². The van der Waals surface area contributed by atoms with E-state index in [-0.39, 0.29) is 29.7 Å². The van der Waals surface area contributed by atoms with Gasteiger partial charge in [0.2, 0.25) is 11.8 Å². The molecule has 0 atom stereocenters. The van der Waals surface area contributed by atoms with E-state index in [0.717, 1.165) is 31.6 Å². The predicted octanol–water partition coefficient (Wildman–Crippen LogP) is 1.73. The molecule has 0 spiro atoms. The molecular formula is C22H32N4O3. The number of hydrogen-bond donors (Lipinski definition) is 1. The molecule has 1 N–H and O–H groups in total. The Hall–Kier alpha value is -2.57. The third-order valence-corrected chi connectivity index (χ3v) is 5.85. The number of carbonyl (C=O) groups is 3. The Kier molecular flexibility index (Phi) is 6.77. The molecule has 7 nitrogen and oxygen atoms in total. The maximum atomic E-state index is 13.2. The molecule has 2 aliphatic rings. The first-order valence-electron chi connectivity index (χ1n) is 10.6. The highest BCUT2D eigenvalue weighted by Crippen LogP contribution is 2.26. The first kappa shape index (κ1) is 21.1. The number of carbonyl (C=O) groups excluding carboxylic acids is 3. The van der Waals surface area contributed by atoms with Gasteiger partial charge in [-0.05, 0) is 25.0 Å². The number of piperidine rings is 1. The standard InChI is InChI=1S/C22H32N4O3/c1-16(2)21(28)23-18-8-10-25(11-9-18)20-7-5-4-6-19(20)22(29)26-14-12-24(13-15-26)17(3)27/h4-7,16,18H,8-15H2,1-3H3,(H,23,28). The lowest BCUT2D eigenvalue weighted by molar-refractivity contribution is -0.130. The van der Waals surface area contributed by atoms with Gasteiger partial charge in [-0.15, -0.1) is 0 Å². The normalized spacial score (nSPS) is 18.1. The van der Waals surface area contributed by atoms with Crippen molar-refractivity contribution < 1.29 is 14.4 Å². The van der Waals surface area contributed by atoms with Gasteiger partial charge < -0.3 is 20.0 Å². The van der Waals surface area contributed by atoms with E-state index in [9.17, 15) is 14.4 Å². The highest BCUT2D eigenvalue weighted by Gasteiger charge is 2.28. The summed E-state index contributed by atoms with van der Waals surface area (Å²) >= 11 is 0. The summed E-state index contributed by atoms with van der Waals surface area (Å²) in [4.78, 5) is 42.5. The van der Waals surface area contributed by atoms with E-state index in [1.165, 1.54) is 0 Å². The van der Waals surface area contributed by atoms with Crippen LogP contribution >= 0.6 is 0 Å². The summed E-state index contributed by atoms with van der Waals surface area (Å²) in [5, 5.41) is 3.12. The molecule has 0 aliphatic carbocycles. The highest BCUT2D eigenvalue weighted by molar-refractivity contribution is 6.00. The molecule has 7 heteroatoms. The number of benzene rings is 1. The van der Waals surface area contributed by atoms with Crippen LogP contribution in [-0.4, -0.2) is 72.8 Å². The van der Waals surface area contributed by atoms with Crippen LogP contribution in [0.1, 0.15) is 44.0 Å². The summed E-state index contributed by atoms with van der Waals surface area (Å²) in [5.74, 6) is 0.183. The molecule has 2 saturated heterocycles. The van der Waals surface area contributed by atoms with E-state index < -0.39 is 0 Å². The Labute approximate surface area is 173 Å². The van der Waals surface area contributed by atoms with E-state index >= 15 is 0 Å². The van der Waals surface area contributed by atoms with Crippen LogP contribution in [-0.2, 0) is 9.59 Å². The zero-order chi connectivity index (χ0) is 21.0. The maximum Gasteiger partial charge on any atom is 0.256 e. The van der Waals surface area contributed by atoms with E-state index in [1.54, 1.807) is 11.8 Å². The summed E-state index contributed by atoms with van der Waals surface area (Å²) in [7, 11) is 0. The van der Waals surface area contributed by atoms with Crippen LogP contribution in [0.5, 0.6) is 0 Å². The molecule has 2 fully saturated rings. The molecule has 0 radical (unpaired) electrons. The van der Waals surface area contributed by atoms with E-state index in [4.69, 9.17) is 0 Å².